The number of benzene rings is 1. The summed E-state index contributed by atoms with van der Waals surface area (Å²) in [7, 11) is 2.13. The second-order valence-electron chi connectivity index (χ2n) is 6.29. The molecule has 6 nitrogen and oxygen atoms in total. The zero-order valence-corrected chi connectivity index (χ0v) is 17.4. The number of carbonyl (C=O) groups excluding carboxylic acids is 1. The molecule has 0 aliphatic carbocycles. The first-order chi connectivity index (χ1) is 11.4. The van der Waals surface area contributed by atoms with Crippen LogP contribution in [0.1, 0.15) is 19.5 Å². The average molecular weight is 459 g/mol. The van der Waals surface area contributed by atoms with Gasteiger partial charge in [0.05, 0.1) is 31.2 Å². The smallest absolute Gasteiger partial charge is 0.328 e. The van der Waals surface area contributed by atoms with Gasteiger partial charge in [0, 0.05) is 5.39 Å². The number of quaternary nitrogens is 1. The van der Waals surface area contributed by atoms with Crippen LogP contribution >= 0.6 is 0 Å². The molecule has 0 saturated heterocycles. The third-order valence-corrected chi connectivity index (χ3v) is 4.75. The van der Waals surface area contributed by atoms with Crippen molar-refractivity contribution in [3.63, 3.8) is 0 Å². The molecule has 0 aliphatic heterocycles. The summed E-state index contributed by atoms with van der Waals surface area (Å²) in [6.45, 7) is 8.98. The van der Waals surface area contributed by atoms with E-state index in [1.807, 2.05) is 19.1 Å². The predicted octanol–water partition coefficient (Wildman–Crippen LogP) is -1.26. The van der Waals surface area contributed by atoms with Crippen LogP contribution in [0.2, 0.25) is 0 Å². The standard InChI is InChI=1S/C18H26N3O3.HI/c1-5-21(4,6-2)11-12-24-17(22)13-20-18(23)16-10-8-7-9-15(16)14(3)19-20;/h7-10H,5-6,11-13H2,1-4H3;1H/q+1;/p-1. The van der Waals surface area contributed by atoms with Gasteiger partial charge in [-0.15, -0.1) is 0 Å². The molecule has 0 unspecified atom stereocenters. The van der Waals surface area contributed by atoms with Crippen LogP contribution in [0, 0.1) is 6.92 Å². The molecule has 138 valence electrons. The van der Waals surface area contributed by atoms with E-state index in [2.05, 4.69) is 26.0 Å². The Hall–Kier alpha value is -1.48. The van der Waals surface area contributed by atoms with Crippen LogP contribution in [0.3, 0.4) is 0 Å². The number of likely N-dealkylation sites (N-methyl/N-ethyl adjacent to an activating group) is 1. The summed E-state index contributed by atoms with van der Waals surface area (Å²) in [6.07, 6.45) is 0. The lowest BCUT2D eigenvalue weighted by molar-refractivity contribution is -0.906. The Morgan fingerprint density at radius 2 is 1.80 bits per heavy atom. The molecule has 2 aromatic rings. The first-order valence-corrected chi connectivity index (χ1v) is 8.36. The van der Waals surface area contributed by atoms with Gasteiger partial charge in [0.2, 0.25) is 0 Å². The van der Waals surface area contributed by atoms with Crippen molar-refractivity contribution in [1.29, 1.82) is 0 Å². The molecule has 0 radical (unpaired) electrons. The Kier molecular flexibility index (Phi) is 8.01. The molecule has 25 heavy (non-hydrogen) atoms. The van der Waals surface area contributed by atoms with Gasteiger partial charge in [-0.05, 0) is 26.8 Å². The summed E-state index contributed by atoms with van der Waals surface area (Å²) in [6, 6.07) is 7.28. The molecule has 0 aliphatic rings. The van der Waals surface area contributed by atoms with Gasteiger partial charge in [-0.25, -0.2) is 4.68 Å². The van der Waals surface area contributed by atoms with E-state index in [0.29, 0.717) is 12.0 Å². The van der Waals surface area contributed by atoms with Crippen LogP contribution in [0.5, 0.6) is 0 Å². The van der Waals surface area contributed by atoms with Crippen molar-refractivity contribution in [3.05, 3.63) is 40.3 Å². The summed E-state index contributed by atoms with van der Waals surface area (Å²) >= 11 is 0. The third-order valence-electron chi connectivity index (χ3n) is 4.75. The molecule has 0 amide bonds. The summed E-state index contributed by atoms with van der Waals surface area (Å²) in [5.41, 5.74) is 0.454. The number of carbonyl (C=O) groups is 1. The number of aryl methyl sites for hydroxylation is 1. The van der Waals surface area contributed by atoms with E-state index >= 15 is 0 Å². The highest BCUT2D eigenvalue weighted by molar-refractivity contribution is 5.83. The van der Waals surface area contributed by atoms with E-state index in [0.717, 1.165) is 35.2 Å². The number of hydrogen-bond donors (Lipinski definition) is 0. The third kappa shape index (κ3) is 5.24. The summed E-state index contributed by atoms with van der Waals surface area (Å²) in [5.74, 6) is -0.432. The molecule has 2 rings (SSSR count). The van der Waals surface area contributed by atoms with E-state index in [4.69, 9.17) is 4.74 Å². The number of hydrogen-bond acceptors (Lipinski definition) is 4. The van der Waals surface area contributed by atoms with Crippen molar-refractivity contribution in [1.82, 2.24) is 9.78 Å². The molecule has 1 aromatic heterocycles. The lowest BCUT2D eigenvalue weighted by Gasteiger charge is -2.31. The second-order valence-corrected chi connectivity index (χ2v) is 6.29. The maximum absolute atomic E-state index is 12.4. The van der Waals surface area contributed by atoms with Crippen LogP contribution < -0.4 is 29.5 Å². The van der Waals surface area contributed by atoms with Gasteiger partial charge >= 0.3 is 5.97 Å². The Bertz CT molecular complexity index is 785. The highest BCUT2D eigenvalue weighted by Gasteiger charge is 2.17. The molecule has 0 N–H and O–H groups in total. The SMILES string of the molecule is CC[N+](C)(CC)CCOC(=O)Cn1nc(C)c2ccccc2c1=O.[I-]. The molecule has 0 bridgehead atoms. The van der Waals surface area contributed by atoms with E-state index in [1.54, 1.807) is 12.1 Å². The zero-order valence-electron chi connectivity index (χ0n) is 15.3. The molecule has 0 spiro atoms. The fourth-order valence-corrected chi connectivity index (χ4v) is 2.60. The van der Waals surface area contributed by atoms with Gasteiger partial charge < -0.3 is 33.2 Å². The lowest BCUT2D eigenvalue weighted by Crippen LogP contribution is -3.00. The monoisotopic (exact) mass is 459 g/mol. The zero-order chi connectivity index (χ0) is 17.7. The first kappa shape index (κ1) is 21.6. The van der Waals surface area contributed by atoms with Crippen LogP contribution in [0.25, 0.3) is 10.8 Å². The van der Waals surface area contributed by atoms with E-state index < -0.39 is 5.97 Å². The minimum absolute atomic E-state index is 0. The first-order valence-electron chi connectivity index (χ1n) is 8.36. The number of rotatable bonds is 7. The van der Waals surface area contributed by atoms with Crippen molar-refractivity contribution in [2.75, 3.05) is 33.3 Å². The summed E-state index contributed by atoms with van der Waals surface area (Å²) < 4.78 is 7.33. The number of nitrogens with zero attached hydrogens (tertiary/aromatic N) is 3. The Labute approximate surface area is 165 Å². The maximum Gasteiger partial charge on any atom is 0.328 e. The van der Waals surface area contributed by atoms with E-state index in [1.165, 1.54) is 4.68 Å². The van der Waals surface area contributed by atoms with Gasteiger partial charge in [0.15, 0.2) is 0 Å². The number of ether oxygens (including phenoxy) is 1. The van der Waals surface area contributed by atoms with Crippen LogP contribution in [-0.2, 0) is 16.1 Å². The molecule has 0 saturated carbocycles. The van der Waals surface area contributed by atoms with Crippen molar-refractivity contribution in [3.8, 4) is 0 Å². The van der Waals surface area contributed by atoms with Crippen molar-refractivity contribution >= 4 is 16.7 Å². The Morgan fingerprint density at radius 1 is 1.20 bits per heavy atom. The largest absolute Gasteiger partial charge is 1.00 e. The van der Waals surface area contributed by atoms with Crippen LogP contribution in [0.4, 0.5) is 0 Å². The fourth-order valence-electron chi connectivity index (χ4n) is 2.60. The van der Waals surface area contributed by atoms with Gasteiger partial charge in [-0.3, -0.25) is 9.59 Å². The molecule has 1 aromatic carbocycles. The van der Waals surface area contributed by atoms with Crippen LogP contribution in [-0.4, -0.2) is 53.5 Å². The second kappa shape index (κ2) is 9.28. The normalized spacial score (nSPS) is 11.2. The number of fused-ring (bicyclic) bond motifs is 1. The van der Waals surface area contributed by atoms with E-state index in [-0.39, 0.29) is 36.1 Å². The summed E-state index contributed by atoms with van der Waals surface area (Å²) in [4.78, 5) is 24.5. The Balaban J connectivity index is 0.00000312. The maximum atomic E-state index is 12.4. The molecular formula is C18H26IN3O3. The quantitative estimate of drug-likeness (QED) is 0.295. The van der Waals surface area contributed by atoms with Crippen molar-refractivity contribution in [2.24, 2.45) is 0 Å². The fraction of sp³-hybridized carbons (Fsp3) is 0.500. The number of halogens is 1. The highest BCUT2D eigenvalue weighted by atomic mass is 127. The lowest BCUT2D eigenvalue weighted by atomic mass is 10.1. The molecule has 0 fully saturated rings. The predicted molar refractivity (Wildman–Crippen MR) is 93.8 cm³/mol. The highest BCUT2D eigenvalue weighted by Crippen LogP contribution is 2.11. The minimum atomic E-state index is -0.432. The molecule has 7 heteroatoms. The minimum Gasteiger partial charge on any atom is -1.00 e. The average Bonchev–Trinajstić information content (AvgIpc) is 2.59. The van der Waals surface area contributed by atoms with Crippen molar-refractivity contribution < 1.29 is 38.0 Å². The molecule has 1 heterocycles. The summed E-state index contributed by atoms with van der Waals surface area (Å²) in [5, 5.41) is 5.61. The molecule has 0 atom stereocenters. The van der Waals surface area contributed by atoms with E-state index in [9.17, 15) is 9.59 Å². The van der Waals surface area contributed by atoms with Gasteiger partial charge in [-0.2, -0.15) is 5.10 Å². The topological polar surface area (TPSA) is 61.2 Å². The number of aromatic nitrogens is 2. The number of esters is 1. The Morgan fingerprint density at radius 3 is 2.40 bits per heavy atom. The molecular weight excluding hydrogens is 433 g/mol. The van der Waals surface area contributed by atoms with Gasteiger partial charge in [0.1, 0.15) is 19.7 Å². The van der Waals surface area contributed by atoms with Gasteiger partial charge in [-0.1, -0.05) is 18.2 Å². The van der Waals surface area contributed by atoms with Crippen molar-refractivity contribution in [2.45, 2.75) is 27.3 Å². The van der Waals surface area contributed by atoms with Gasteiger partial charge in [0.25, 0.3) is 5.56 Å². The van der Waals surface area contributed by atoms with Crippen LogP contribution in [0.15, 0.2) is 29.1 Å².